The molecule has 18 heavy (non-hydrogen) atoms. The summed E-state index contributed by atoms with van der Waals surface area (Å²) in [6, 6.07) is 5.90. The molecule has 0 radical (unpaired) electrons. The molecule has 6 heteroatoms. The summed E-state index contributed by atoms with van der Waals surface area (Å²) in [5, 5.41) is 3.29. The summed E-state index contributed by atoms with van der Waals surface area (Å²) in [6.45, 7) is 1.24. The van der Waals surface area contributed by atoms with Gasteiger partial charge in [-0.2, -0.15) is 0 Å². The highest BCUT2D eigenvalue weighted by atomic mass is 32.2. The van der Waals surface area contributed by atoms with Gasteiger partial charge in [0.25, 0.3) is 0 Å². The van der Waals surface area contributed by atoms with Gasteiger partial charge < -0.3 is 15.0 Å². The van der Waals surface area contributed by atoms with Crippen LogP contribution >= 0.6 is 0 Å². The average Bonchev–Trinajstić information content (AvgIpc) is 2.36. The van der Waals surface area contributed by atoms with Crippen LogP contribution in [0, 0.1) is 0 Å². The van der Waals surface area contributed by atoms with Crippen molar-refractivity contribution < 1.29 is 13.2 Å². The monoisotopic (exact) mass is 268 g/mol. The van der Waals surface area contributed by atoms with E-state index in [0.29, 0.717) is 13.1 Å². The molecule has 1 fully saturated rings. The summed E-state index contributed by atoms with van der Waals surface area (Å²) in [6.07, 6.45) is 0. The number of rotatable bonds is 1. The number of nitrogens with one attached hydrogen (secondary N) is 1. The Kier molecular flexibility index (Phi) is 2.62. The second kappa shape index (κ2) is 4.05. The summed E-state index contributed by atoms with van der Waals surface area (Å²) in [5.41, 5.74) is 2.09. The van der Waals surface area contributed by atoms with Crippen molar-refractivity contribution in [2.75, 3.05) is 41.9 Å². The molecule has 0 aliphatic carbocycles. The smallest absolute Gasteiger partial charge is 0.154 e. The molecule has 98 valence electrons. The van der Waals surface area contributed by atoms with Crippen molar-refractivity contribution >= 4 is 21.2 Å². The number of benzene rings is 1. The van der Waals surface area contributed by atoms with Gasteiger partial charge in [0.2, 0.25) is 0 Å². The lowest BCUT2D eigenvalue weighted by atomic mass is 10.1. The molecule has 0 saturated carbocycles. The van der Waals surface area contributed by atoms with Gasteiger partial charge in [-0.05, 0) is 12.1 Å². The molecule has 0 amide bonds. The Hall–Kier alpha value is -1.43. The van der Waals surface area contributed by atoms with E-state index in [1.165, 1.54) is 0 Å². The molecule has 1 atom stereocenters. The van der Waals surface area contributed by atoms with E-state index >= 15 is 0 Å². The molecule has 1 aromatic carbocycles. The van der Waals surface area contributed by atoms with Crippen LogP contribution in [0.25, 0.3) is 0 Å². The quantitative estimate of drug-likeness (QED) is 0.813. The van der Waals surface area contributed by atoms with E-state index in [1.54, 1.807) is 7.11 Å². The number of nitrogens with zero attached hydrogens (tertiary/aromatic N) is 1. The zero-order valence-electron chi connectivity index (χ0n) is 10.2. The normalized spacial score (nSPS) is 24.7. The lowest BCUT2D eigenvalue weighted by Gasteiger charge is -2.42. The molecule has 1 aromatic rings. The largest absolute Gasteiger partial charge is 0.497 e. The average molecular weight is 268 g/mol. The first kappa shape index (κ1) is 11.6. The van der Waals surface area contributed by atoms with Crippen LogP contribution < -0.4 is 15.0 Å². The Morgan fingerprint density at radius 1 is 1.44 bits per heavy atom. The van der Waals surface area contributed by atoms with E-state index in [1.807, 2.05) is 18.2 Å². The molecule has 0 spiro atoms. The van der Waals surface area contributed by atoms with Crippen LogP contribution in [0.1, 0.15) is 0 Å². The SMILES string of the molecule is COc1ccc2c(c1)NCC1CS(=O)(=O)CCN21. The Balaban J connectivity index is 1.95. The van der Waals surface area contributed by atoms with Crippen molar-refractivity contribution in [1.29, 1.82) is 0 Å². The third kappa shape index (κ3) is 1.90. The van der Waals surface area contributed by atoms with E-state index in [-0.39, 0.29) is 17.5 Å². The molecule has 3 rings (SSSR count). The second-order valence-corrected chi connectivity index (χ2v) is 6.95. The Bertz CT molecular complexity index is 571. The van der Waals surface area contributed by atoms with Crippen LogP contribution in [0.3, 0.4) is 0 Å². The van der Waals surface area contributed by atoms with Crippen LogP contribution in [-0.2, 0) is 9.84 Å². The first-order chi connectivity index (χ1) is 8.59. The Morgan fingerprint density at radius 2 is 2.28 bits per heavy atom. The van der Waals surface area contributed by atoms with Crippen molar-refractivity contribution in [3.63, 3.8) is 0 Å². The summed E-state index contributed by atoms with van der Waals surface area (Å²) >= 11 is 0. The van der Waals surface area contributed by atoms with Crippen LogP contribution in [0.5, 0.6) is 5.75 Å². The van der Waals surface area contributed by atoms with Crippen molar-refractivity contribution in [2.24, 2.45) is 0 Å². The van der Waals surface area contributed by atoms with Gasteiger partial charge in [-0.25, -0.2) is 8.42 Å². The maximum Gasteiger partial charge on any atom is 0.154 e. The molecule has 2 aliphatic heterocycles. The predicted molar refractivity (Wildman–Crippen MR) is 71.3 cm³/mol. The molecular weight excluding hydrogens is 252 g/mol. The highest BCUT2D eigenvalue weighted by Gasteiger charge is 2.34. The minimum absolute atomic E-state index is 0.0460. The van der Waals surface area contributed by atoms with Gasteiger partial charge in [-0.3, -0.25) is 0 Å². The number of fused-ring (bicyclic) bond motifs is 3. The third-order valence-corrected chi connectivity index (χ3v) is 5.27. The number of methoxy groups -OCH3 is 1. The van der Waals surface area contributed by atoms with Gasteiger partial charge in [0, 0.05) is 19.2 Å². The van der Waals surface area contributed by atoms with E-state index < -0.39 is 9.84 Å². The lowest BCUT2D eigenvalue weighted by Crippen LogP contribution is -2.54. The number of anilines is 2. The molecule has 1 unspecified atom stereocenters. The van der Waals surface area contributed by atoms with E-state index in [9.17, 15) is 8.42 Å². The lowest BCUT2D eigenvalue weighted by molar-refractivity contribution is 0.415. The van der Waals surface area contributed by atoms with Gasteiger partial charge in [0.1, 0.15) is 5.75 Å². The first-order valence-corrected chi connectivity index (χ1v) is 7.80. The van der Waals surface area contributed by atoms with E-state index in [4.69, 9.17) is 4.74 Å². The molecular formula is C12H16N2O3S. The van der Waals surface area contributed by atoms with Gasteiger partial charge >= 0.3 is 0 Å². The summed E-state index contributed by atoms with van der Waals surface area (Å²) in [5.74, 6) is 1.30. The Morgan fingerprint density at radius 3 is 3.06 bits per heavy atom. The molecule has 2 aliphatic rings. The highest BCUT2D eigenvalue weighted by molar-refractivity contribution is 7.91. The number of hydrogen-bond acceptors (Lipinski definition) is 5. The van der Waals surface area contributed by atoms with E-state index in [2.05, 4.69) is 10.2 Å². The molecule has 1 N–H and O–H groups in total. The maximum absolute atomic E-state index is 11.6. The Labute approximate surface area is 107 Å². The topological polar surface area (TPSA) is 58.6 Å². The maximum atomic E-state index is 11.6. The molecule has 0 aromatic heterocycles. The summed E-state index contributed by atoms with van der Waals surface area (Å²) in [7, 11) is -1.24. The fourth-order valence-corrected chi connectivity index (χ4v) is 4.16. The summed E-state index contributed by atoms with van der Waals surface area (Å²) < 4.78 is 28.5. The van der Waals surface area contributed by atoms with Gasteiger partial charge in [-0.15, -0.1) is 0 Å². The highest BCUT2D eigenvalue weighted by Crippen LogP contribution is 2.35. The van der Waals surface area contributed by atoms with Crippen molar-refractivity contribution in [2.45, 2.75) is 6.04 Å². The minimum Gasteiger partial charge on any atom is -0.497 e. The van der Waals surface area contributed by atoms with Crippen molar-refractivity contribution in [3.05, 3.63) is 18.2 Å². The van der Waals surface area contributed by atoms with Crippen LogP contribution in [-0.4, -0.2) is 46.2 Å². The molecule has 2 heterocycles. The van der Waals surface area contributed by atoms with Crippen LogP contribution in [0.2, 0.25) is 0 Å². The first-order valence-electron chi connectivity index (χ1n) is 5.98. The van der Waals surface area contributed by atoms with Crippen molar-refractivity contribution in [1.82, 2.24) is 0 Å². The molecule has 0 bridgehead atoms. The fraction of sp³-hybridized carbons (Fsp3) is 0.500. The fourth-order valence-electron chi connectivity index (χ4n) is 2.63. The van der Waals surface area contributed by atoms with E-state index in [0.717, 1.165) is 17.1 Å². The standard InChI is InChI=1S/C12H16N2O3S/c1-17-10-2-3-12-11(6-10)13-7-9-8-18(15,16)5-4-14(9)12/h2-3,6,9,13H,4-5,7-8H2,1H3. The predicted octanol–water partition coefficient (Wildman–Crippen LogP) is 0.724. The minimum atomic E-state index is -2.87. The van der Waals surface area contributed by atoms with Gasteiger partial charge in [0.15, 0.2) is 9.84 Å². The van der Waals surface area contributed by atoms with Crippen LogP contribution in [0.15, 0.2) is 18.2 Å². The zero-order valence-corrected chi connectivity index (χ0v) is 11.0. The third-order valence-electron chi connectivity index (χ3n) is 3.57. The number of sulfone groups is 1. The second-order valence-electron chi connectivity index (χ2n) is 4.73. The molecule has 1 saturated heterocycles. The van der Waals surface area contributed by atoms with Gasteiger partial charge in [0.05, 0.1) is 36.0 Å². The van der Waals surface area contributed by atoms with Crippen molar-refractivity contribution in [3.8, 4) is 5.75 Å². The van der Waals surface area contributed by atoms with Crippen LogP contribution in [0.4, 0.5) is 11.4 Å². The zero-order chi connectivity index (χ0) is 12.8. The molecule has 5 nitrogen and oxygen atoms in total. The summed E-state index contributed by atoms with van der Waals surface area (Å²) in [4.78, 5) is 2.19. The number of ether oxygens (including phenoxy) is 1. The van der Waals surface area contributed by atoms with Gasteiger partial charge in [-0.1, -0.05) is 0 Å². The number of hydrogen-bond donors (Lipinski definition) is 1.